The van der Waals surface area contributed by atoms with Crippen LogP contribution in [-0.4, -0.2) is 43.0 Å². The Balaban J connectivity index is 2.06. The number of carbonyl (C=O) groups excluding carboxylic acids is 1. The molecule has 1 aliphatic heterocycles. The van der Waals surface area contributed by atoms with E-state index < -0.39 is 5.54 Å². The van der Waals surface area contributed by atoms with Crippen LogP contribution in [-0.2, 0) is 4.79 Å². The summed E-state index contributed by atoms with van der Waals surface area (Å²) < 4.78 is 0. The Morgan fingerprint density at radius 3 is 2.47 bits per heavy atom. The molecule has 1 heterocycles. The van der Waals surface area contributed by atoms with Crippen molar-refractivity contribution in [1.29, 1.82) is 0 Å². The van der Waals surface area contributed by atoms with E-state index in [2.05, 4.69) is 10.2 Å². The van der Waals surface area contributed by atoms with Crippen molar-refractivity contribution in [3.8, 4) is 0 Å². The van der Waals surface area contributed by atoms with Crippen molar-refractivity contribution < 1.29 is 4.79 Å². The fourth-order valence-electron chi connectivity index (χ4n) is 2.68. The highest BCUT2D eigenvalue weighted by molar-refractivity contribution is 5.86. The quantitative estimate of drug-likeness (QED) is 0.669. The van der Waals surface area contributed by atoms with E-state index in [-0.39, 0.29) is 5.91 Å². The number of amides is 1. The fourth-order valence-corrected chi connectivity index (χ4v) is 2.68. The Hall–Kier alpha value is -0.610. The molecule has 86 valence electrons. The van der Waals surface area contributed by atoms with Crippen LogP contribution in [0.3, 0.4) is 0 Å². The van der Waals surface area contributed by atoms with Gasteiger partial charge in [0.2, 0.25) is 5.91 Å². The number of hydrogen-bond donors (Lipinski definition) is 2. The van der Waals surface area contributed by atoms with Gasteiger partial charge < -0.3 is 16.0 Å². The van der Waals surface area contributed by atoms with Crippen molar-refractivity contribution in [3.63, 3.8) is 0 Å². The molecule has 15 heavy (non-hydrogen) atoms. The lowest BCUT2D eigenvalue weighted by molar-refractivity contribution is -0.125. The van der Waals surface area contributed by atoms with E-state index in [1.165, 1.54) is 12.8 Å². The summed E-state index contributed by atoms with van der Waals surface area (Å²) in [6, 6.07) is 0. The van der Waals surface area contributed by atoms with Gasteiger partial charge in [0.15, 0.2) is 0 Å². The first kappa shape index (κ1) is 10.9. The van der Waals surface area contributed by atoms with Crippen LogP contribution in [0.25, 0.3) is 0 Å². The molecule has 3 N–H and O–H groups in total. The van der Waals surface area contributed by atoms with Gasteiger partial charge in [-0.2, -0.15) is 0 Å². The van der Waals surface area contributed by atoms with Crippen LogP contribution in [0, 0.1) is 5.92 Å². The van der Waals surface area contributed by atoms with Gasteiger partial charge in [-0.3, -0.25) is 4.79 Å². The molecule has 1 atom stereocenters. The summed E-state index contributed by atoms with van der Waals surface area (Å²) in [7, 11) is 1.86. The minimum Gasteiger partial charge on any atom is -0.368 e. The normalized spacial score (nSPS) is 26.5. The summed E-state index contributed by atoms with van der Waals surface area (Å²) >= 11 is 0. The first-order valence-electron chi connectivity index (χ1n) is 5.90. The van der Waals surface area contributed by atoms with Crippen molar-refractivity contribution in [2.45, 2.75) is 31.2 Å². The largest absolute Gasteiger partial charge is 0.368 e. The van der Waals surface area contributed by atoms with Crippen molar-refractivity contribution in [2.24, 2.45) is 11.7 Å². The van der Waals surface area contributed by atoms with Crippen LogP contribution in [0.5, 0.6) is 0 Å². The molecule has 0 spiro atoms. The molecule has 1 saturated carbocycles. The highest BCUT2D eigenvalue weighted by atomic mass is 16.1. The van der Waals surface area contributed by atoms with Gasteiger partial charge in [-0.25, -0.2) is 0 Å². The third-order valence-electron chi connectivity index (χ3n) is 3.83. The predicted octanol–water partition coefficient (Wildman–Crippen LogP) is -0.0643. The summed E-state index contributed by atoms with van der Waals surface area (Å²) in [4.78, 5) is 14.0. The molecule has 0 aromatic rings. The minimum absolute atomic E-state index is 0.181. The average Bonchev–Trinajstić information content (AvgIpc) is 2.94. The summed E-state index contributed by atoms with van der Waals surface area (Å²) in [6.07, 6.45) is 4.78. The van der Waals surface area contributed by atoms with Crippen LogP contribution >= 0.6 is 0 Å². The van der Waals surface area contributed by atoms with Gasteiger partial charge in [0.25, 0.3) is 0 Å². The molecule has 2 rings (SSSR count). The number of nitrogens with zero attached hydrogens (tertiary/aromatic N) is 1. The van der Waals surface area contributed by atoms with Crippen molar-refractivity contribution in [1.82, 2.24) is 10.2 Å². The minimum atomic E-state index is -0.468. The Morgan fingerprint density at radius 2 is 2.07 bits per heavy atom. The summed E-state index contributed by atoms with van der Waals surface area (Å²) in [5.41, 5.74) is 5.11. The Kier molecular flexibility index (Phi) is 2.98. The maximum absolute atomic E-state index is 11.7. The van der Waals surface area contributed by atoms with Crippen LogP contribution in [0.2, 0.25) is 0 Å². The summed E-state index contributed by atoms with van der Waals surface area (Å²) in [6.45, 7) is 3.02. The van der Waals surface area contributed by atoms with E-state index in [0.717, 1.165) is 32.5 Å². The fraction of sp³-hybridized carbons (Fsp3) is 0.909. The van der Waals surface area contributed by atoms with Crippen molar-refractivity contribution in [2.75, 3.05) is 26.7 Å². The zero-order valence-electron chi connectivity index (χ0n) is 9.46. The molecule has 1 saturated heterocycles. The van der Waals surface area contributed by atoms with Gasteiger partial charge in [0, 0.05) is 6.54 Å². The predicted molar refractivity (Wildman–Crippen MR) is 59.4 cm³/mol. The van der Waals surface area contributed by atoms with Crippen LogP contribution in [0.1, 0.15) is 25.7 Å². The second-order valence-electron chi connectivity index (χ2n) is 4.84. The highest BCUT2D eigenvalue weighted by Crippen LogP contribution is 2.40. The number of rotatable bonds is 5. The van der Waals surface area contributed by atoms with E-state index in [0.29, 0.717) is 5.92 Å². The van der Waals surface area contributed by atoms with Crippen LogP contribution in [0.4, 0.5) is 0 Å². The zero-order chi connectivity index (χ0) is 10.9. The van der Waals surface area contributed by atoms with E-state index in [9.17, 15) is 4.79 Å². The molecule has 0 aromatic carbocycles. The first-order valence-corrected chi connectivity index (χ1v) is 5.90. The highest BCUT2D eigenvalue weighted by Gasteiger charge is 2.49. The number of likely N-dealkylation sites (tertiary alicyclic amines) is 1. The number of carbonyl (C=O) groups is 1. The summed E-state index contributed by atoms with van der Waals surface area (Å²) in [5, 5.41) is 3.19. The third-order valence-corrected chi connectivity index (χ3v) is 3.83. The first-order chi connectivity index (χ1) is 7.19. The molecule has 4 heteroatoms. The third kappa shape index (κ3) is 2.01. The van der Waals surface area contributed by atoms with Gasteiger partial charge in [0.1, 0.15) is 5.54 Å². The average molecular weight is 211 g/mol. The maximum Gasteiger partial charge on any atom is 0.239 e. The van der Waals surface area contributed by atoms with Crippen LogP contribution < -0.4 is 11.1 Å². The maximum atomic E-state index is 11.7. The topological polar surface area (TPSA) is 58.4 Å². The van der Waals surface area contributed by atoms with Gasteiger partial charge in [-0.1, -0.05) is 0 Å². The number of nitrogens with one attached hydrogen (secondary N) is 1. The van der Waals surface area contributed by atoms with E-state index in [1.54, 1.807) is 0 Å². The Morgan fingerprint density at radius 1 is 1.47 bits per heavy atom. The lowest BCUT2D eigenvalue weighted by Gasteiger charge is -2.34. The smallest absolute Gasteiger partial charge is 0.239 e. The molecular weight excluding hydrogens is 190 g/mol. The Labute approximate surface area is 91.2 Å². The molecule has 2 aliphatic rings. The molecule has 4 nitrogen and oxygen atoms in total. The van der Waals surface area contributed by atoms with Crippen molar-refractivity contribution >= 4 is 5.91 Å². The second kappa shape index (κ2) is 4.10. The molecule has 2 fully saturated rings. The number of hydrogen-bond acceptors (Lipinski definition) is 3. The monoisotopic (exact) mass is 211 g/mol. The lowest BCUT2D eigenvalue weighted by atomic mass is 9.91. The van der Waals surface area contributed by atoms with Crippen molar-refractivity contribution in [3.05, 3.63) is 0 Å². The number of primary amides is 1. The van der Waals surface area contributed by atoms with Gasteiger partial charge >= 0.3 is 0 Å². The second-order valence-corrected chi connectivity index (χ2v) is 4.84. The lowest BCUT2D eigenvalue weighted by Crippen LogP contribution is -2.61. The Bertz CT molecular complexity index is 246. The molecule has 0 radical (unpaired) electrons. The molecule has 1 unspecified atom stereocenters. The van der Waals surface area contributed by atoms with Gasteiger partial charge in [0.05, 0.1) is 0 Å². The molecular formula is C11H21N3O. The summed E-state index contributed by atoms with van der Waals surface area (Å²) in [5.74, 6) is 0.278. The van der Waals surface area contributed by atoms with Gasteiger partial charge in [-0.05, 0) is 51.7 Å². The van der Waals surface area contributed by atoms with Gasteiger partial charge in [-0.15, -0.1) is 0 Å². The SMILES string of the molecule is CNC(CN1CCCC1)(C(N)=O)C1CC1. The molecule has 1 aliphatic carbocycles. The van der Waals surface area contributed by atoms with Crippen LogP contribution in [0.15, 0.2) is 0 Å². The van der Waals surface area contributed by atoms with E-state index >= 15 is 0 Å². The standard InChI is InChI=1S/C11H21N3O/c1-13-11(10(12)15,9-4-5-9)8-14-6-2-3-7-14/h9,13H,2-8H2,1H3,(H2,12,15). The molecule has 0 bridgehead atoms. The number of nitrogens with two attached hydrogens (primary N) is 1. The molecule has 1 amide bonds. The number of likely N-dealkylation sites (N-methyl/N-ethyl adjacent to an activating group) is 1. The van der Waals surface area contributed by atoms with E-state index in [1.807, 2.05) is 7.05 Å². The molecule has 0 aromatic heterocycles. The van der Waals surface area contributed by atoms with E-state index in [4.69, 9.17) is 5.73 Å². The zero-order valence-corrected chi connectivity index (χ0v) is 9.46.